The lowest BCUT2D eigenvalue weighted by Crippen LogP contribution is -2.29. The molecule has 0 spiro atoms. The fraction of sp³-hybridized carbons (Fsp3) is 0.129. The Morgan fingerprint density at radius 2 is 1.64 bits per heavy atom. The number of aliphatic carboxylic acids is 1. The van der Waals surface area contributed by atoms with Gasteiger partial charge in [-0.05, 0) is 71.5 Å². The molecule has 0 amide bonds. The van der Waals surface area contributed by atoms with Crippen LogP contribution in [0.2, 0.25) is 0 Å². The van der Waals surface area contributed by atoms with Crippen LogP contribution in [0.25, 0.3) is 28.5 Å². The Labute approximate surface area is 222 Å². The largest absolute Gasteiger partial charge is 0.478 e. The van der Waals surface area contributed by atoms with Gasteiger partial charge < -0.3 is 9.67 Å². The molecule has 0 saturated heterocycles. The van der Waals surface area contributed by atoms with Crippen LogP contribution in [0.5, 0.6) is 0 Å². The first-order valence-corrected chi connectivity index (χ1v) is 11.9. The van der Waals surface area contributed by atoms with Crippen LogP contribution >= 0.6 is 0 Å². The number of carbonyl (C=O) groups is 1. The van der Waals surface area contributed by atoms with Crippen LogP contribution < -0.4 is 5.56 Å². The molecule has 4 aromatic rings. The summed E-state index contributed by atoms with van der Waals surface area (Å²) in [6.07, 6.45) is -2.45. The quantitative estimate of drug-likeness (QED) is 0.278. The smallest absolute Gasteiger partial charge is 0.417 e. The van der Waals surface area contributed by atoms with E-state index in [-0.39, 0.29) is 12.2 Å². The van der Waals surface area contributed by atoms with Gasteiger partial charge in [-0.25, -0.2) is 4.79 Å². The molecule has 1 aromatic heterocycles. The minimum Gasteiger partial charge on any atom is -0.478 e. The second-order valence-corrected chi connectivity index (χ2v) is 9.13. The van der Waals surface area contributed by atoms with E-state index < -0.39 is 28.8 Å². The number of benzene rings is 3. The molecule has 39 heavy (non-hydrogen) atoms. The van der Waals surface area contributed by atoms with E-state index in [2.05, 4.69) is 0 Å². The van der Waals surface area contributed by atoms with Gasteiger partial charge in [0.1, 0.15) is 11.6 Å². The summed E-state index contributed by atoms with van der Waals surface area (Å²) in [7, 11) is 0. The fourth-order valence-corrected chi connectivity index (χ4v) is 4.42. The zero-order chi connectivity index (χ0) is 28.3. The fourth-order valence-electron chi connectivity index (χ4n) is 4.42. The summed E-state index contributed by atoms with van der Waals surface area (Å²) in [6, 6.07) is 21.6. The molecule has 1 N–H and O–H groups in total. The van der Waals surface area contributed by atoms with Crippen molar-refractivity contribution in [3.05, 3.63) is 123 Å². The number of nitriles is 1. The minimum atomic E-state index is -4.90. The molecule has 0 atom stereocenters. The Morgan fingerprint density at radius 3 is 2.28 bits per heavy atom. The summed E-state index contributed by atoms with van der Waals surface area (Å²) in [5.74, 6) is -1.09. The monoisotopic (exact) mass is 528 g/mol. The number of halogens is 3. The van der Waals surface area contributed by atoms with Crippen molar-refractivity contribution >= 4 is 12.0 Å². The second-order valence-electron chi connectivity index (χ2n) is 9.13. The second kappa shape index (κ2) is 10.8. The van der Waals surface area contributed by atoms with E-state index in [9.17, 15) is 28.0 Å². The molecular formula is C31H23F3N2O3. The Kier molecular flexibility index (Phi) is 7.54. The van der Waals surface area contributed by atoms with E-state index in [0.717, 1.165) is 28.8 Å². The molecule has 0 radical (unpaired) electrons. The van der Waals surface area contributed by atoms with Crippen molar-refractivity contribution in [3.63, 3.8) is 0 Å². The number of carboxylic acid groups (broad SMARTS) is 1. The molecule has 4 rings (SSSR count). The Morgan fingerprint density at radius 1 is 0.974 bits per heavy atom. The maximum absolute atomic E-state index is 13.9. The number of hydrogen-bond acceptors (Lipinski definition) is 3. The standard InChI is InChI=1S/C31H23F3N2O3/c1-19-9-11-25(20(2)13-19)18-36-28(16-27(31(32,33)34)26(17-35)30(36)39)24-8-4-7-23(15-24)22-6-3-5-21(14-22)10-12-29(37)38/h3-16H,18H2,1-2H3,(H,37,38). The van der Waals surface area contributed by atoms with Crippen LogP contribution in [-0.2, 0) is 17.5 Å². The van der Waals surface area contributed by atoms with Crippen molar-refractivity contribution in [2.24, 2.45) is 0 Å². The zero-order valence-corrected chi connectivity index (χ0v) is 21.1. The molecule has 3 aromatic carbocycles. The van der Waals surface area contributed by atoms with E-state index in [1.165, 1.54) is 16.7 Å². The molecule has 0 bridgehead atoms. The molecule has 196 valence electrons. The van der Waals surface area contributed by atoms with E-state index in [1.54, 1.807) is 48.5 Å². The molecule has 5 nitrogen and oxygen atoms in total. The van der Waals surface area contributed by atoms with Crippen molar-refractivity contribution in [1.29, 1.82) is 5.26 Å². The van der Waals surface area contributed by atoms with E-state index in [4.69, 9.17) is 5.11 Å². The van der Waals surface area contributed by atoms with Crippen LogP contribution in [0.4, 0.5) is 13.2 Å². The van der Waals surface area contributed by atoms with E-state index >= 15 is 0 Å². The number of carboxylic acids is 1. The van der Waals surface area contributed by atoms with Crippen LogP contribution in [0.1, 0.15) is 33.4 Å². The molecule has 0 aliphatic heterocycles. The van der Waals surface area contributed by atoms with Gasteiger partial charge >= 0.3 is 12.1 Å². The number of aromatic nitrogens is 1. The summed E-state index contributed by atoms with van der Waals surface area (Å²) in [6.45, 7) is 3.75. The summed E-state index contributed by atoms with van der Waals surface area (Å²) < 4.78 is 43.1. The normalized spacial score (nSPS) is 11.5. The van der Waals surface area contributed by atoms with Crippen LogP contribution in [-0.4, -0.2) is 15.6 Å². The molecule has 0 fully saturated rings. The molecule has 1 heterocycles. The zero-order valence-electron chi connectivity index (χ0n) is 21.1. The SMILES string of the molecule is Cc1ccc(Cn2c(-c3cccc(-c4cccc(C=CC(=O)O)c4)c3)cc(C(F)(F)F)c(C#N)c2=O)c(C)c1. The number of pyridine rings is 1. The van der Waals surface area contributed by atoms with Gasteiger partial charge in [-0.1, -0.05) is 60.2 Å². The summed E-state index contributed by atoms with van der Waals surface area (Å²) in [5, 5.41) is 18.4. The maximum Gasteiger partial charge on any atom is 0.417 e. The lowest BCUT2D eigenvalue weighted by atomic mass is 9.97. The Hall–Kier alpha value is -4.90. The third-order valence-electron chi connectivity index (χ3n) is 6.34. The highest BCUT2D eigenvalue weighted by molar-refractivity contribution is 5.85. The highest BCUT2D eigenvalue weighted by Crippen LogP contribution is 2.35. The Balaban J connectivity index is 1.92. The van der Waals surface area contributed by atoms with Crippen molar-refractivity contribution in [2.75, 3.05) is 0 Å². The molecule has 8 heteroatoms. The lowest BCUT2D eigenvalue weighted by molar-refractivity contribution is -0.138. The number of hydrogen-bond donors (Lipinski definition) is 1. The van der Waals surface area contributed by atoms with Gasteiger partial charge in [-0.3, -0.25) is 4.79 Å². The number of alkyl halides is 3. The van der Waals surface area contributed by atoms with Gasteiger partial charge in [0.2, 0.25) is 0 Å². The van der Waals surface area contributed by atoms with Crippen molar-refractivity contribution < 1.29 is 23.1 Å². The average Bonchev–Trinajstić information content (AvgIpc) is 2.89. The molecule has 0 unspecified atom stereocenters. The van der Waals surface area contributed by atoms with E-state index in [1.807, 2.05) is 32.0 Å². The van der Waals surface area contributed by atoms with Gasteiger partial charge in [0.05, 0.1) is 17.8 Å². The van der Waals surface area contributed by atoms with Crippen LogP contribution in [0, 0.1) is 25.2 Å². The van der Waals surface area contributed by atoms with Crippen molar-refractivity contribution in [2.45, 2.75) is 26.6 Å². The van der Waals surface area contributed by atoms with Crippen molar-refractivity contribution in [1.82, 2.24) is 4.57 Å². The van der Waals surface area contributed by atoms with Crippen LogP contribution in [0.15, 0.2) is 83.7 Å². The number of nitrogens with zero attached hydrogens (tertiary/aromatic N) is 2. The summed E-state index contributed by atoms with van der Waals surface area (Å²) in [5.41, 5.74) is 1.72. The van der Waals surface area contributed by atoms with Gasteiger partial charge in [0.25, 0.3) is 5.56 Å². The predicted molar refractivity (Wildman–Crippen MR) is 143 cm³/mol. The highest BCUT2D eigenvalue weighted by atomic mass is 19.4. The first kappa shape index (κ1) is 27.1. The Bertz CT molecular complexity index is 1710. The molecular weight excluding hydrogens is 505 g/mol. The van der Waals surface area contributed by atoms with Crippen molar-refractivity contribution in [3.8, 4) is 28.5 Å². The minimum absolute atomic E-state index is 0.0210. The van der Waals surface area contributed by atoms with Crippen LogP contribution in [0.3, 0.4) is 0 Å². The summed E-state index contributed by atoms with van der Waals surface area (Å²) >= 11 is 0. The molecule has 0 aliphatic rings. The van der Waals surface area contributed by atoms with Gasteiger partial charge in [-0.2, -0.15) is 18.4 Å². The molecule has 0 saturated carbocycles. The first-order chi connectivity index (χ1) is 18.5. The number of rotatable bonds is 6. The predicted octanol–water partition coefficient (Wildman–Crippen LogP) is 6.84. The first-order valence-electron chi connectivity index (χ1n) is 11.9. The molecule has 0 aliphatic carbocycles. The van der Waals surface area contributed by atoms with E-state index in [0.29, 0.717) is 22.3 Å². The summed E-state index contributed by atoms with van der Waals surface area (Å²) in [4.78, 5) is 24.2. The highest BCUT2D eigenvalue weighted by Gasteiger charge is 2.36. The third kappa shape index (κ3) is 5.99. The van der Waals surface area contributed by atoms with Gasteiger partial charge in [-0.15, -0.1) is 0 Å². The maximum atomic E-state index is 13.9. The number of aryl methyl sites for hydroxylation is 2. The van der Waals surface area contributed by atoms with Gasteiger partial charge in [0, 0.05) is 6.08 Å². The average molecular weight is 529 g/mol. The lowest BCUT2D eigenvalue weighted by Gasteiger charge is -2.19. The third-order valence-corrected chi connectivity index (χ3v) is 6.34. The van der Waals surface area contributed by atoms with Gasteiger partial charge in [0.15, 0.2) is 0 Å². The topological polar surface area (TPSA) is 83.1 Å².